The Morgan fingerprint density at radius 3 is 2.41 bits per heavy atom. The highest BCUT2D eigenvalue weighted by atomic mass is 35.5. The van der Waals surface area contributed by atoms with E-state index in [0.717, 1.165) is 4.90 Å². The smallest absolute Gasteiger partial charge is 0.279 e. The molecule has 2 amide bonds. The van der Waals surface area contributed by atoms with Crippen LogP contribution in [-0.4, -0.2) is 38.0 Å². The Morgan fingerprint density at radius 1 is 1.23 bits per heavy atom. The number of likely N-dealkylation sites (N-methyl/N-ethyl adjacent to an activating group) is 1. The SMILES string of the molecule is C[C@H](NC(=O)C[NH+](C)CC(=O)Nc1ccc(Cl)cc1)C1CC1. The van der Waals surface area contributed by atoms with Gasteiger partial charge in [-0.05, 0) is 49.9 Å². The van der Waals surface area contributed by atoms with E-state index in [4.69, 9.17) is 11.6 Å². The van der Waals surface area contributed by atoms with Gasteiger partial charge in [0.1, 0.15) is 0 Å². The molecule has 0 heterocycles. The molecule has 1 aromatic carbocycles. The van der Waals surface area contributed by atoms with Gasteiger partial charge in [0.15, 0.2) is 13.1 Å². The van der Waals surface area contributed by atoms with Crippen molar-refractivity contribution in [3.8, 4) is 0 Å². The van der Waals surface area contributed by atoms with Crippen molar-refractivity contribution in [2.75, 3.05) is 25.5 Å². The Hall–Kier alpha value is -1.59. The normalized spacial score (nSPS) is 16.7. The van der Waals surface area contributed by atoms with E-state index < -0.39 is 0 Å². The summed E-state index contributed by atoms with van der Waals surface area (Å²) < 4.78 is 0. The van der Waals surface area contributed by atoms with E-state index >= 15 is 0 Å². The summed E-state index contributed by atoms with van der Waals surface area (Å²) in [6.45, 7) is 2.58. The van der Waals surface area contributed by atoms with Gasteiger partial charge in [-0.3, -0.25) is 9.59 Å². The molecule has 0 aliphatic heterocycles. The van der Waals surface area contributed by atoms with Gasteiger partial charge < -0.3 is 15.5 Å². The van der Waals surface area contributed by atoms with Crippen molar-refractivity contribution in [1.82, 2.24) is 5.32 Å². The van der Waals surface area contributed by atoms with Crippen LogP contribution >= 0.6 is 11.6 Å². The van der Waals surface area contributed by atoms with E-state index in [0.29, 0.717) is 23.2 Å². The molecule has 6 heteroatoms. The lowest BCUT2D eigenvalue weighted by Gasteiger charge is -2.16. The number of amides is 2. The van der Waals surface area contributed by atoms with Gasteiger partial charge in [-0.1, -0.05) is 11.6 Å². The van der Waals surface area contributed by atoms with Crippen LogP contribution in [0.5, 0.6) is 0 Å². The Kier molecular flexibility index (Phi) is 5.80. The number of carbonyl (C=O) groups excluding carboxylic acids is 2. The molecule has 5 nitrogen and oxygen atoms in total. The zero-order valence-electron chi connectivity index (χ0n) is 13.0. The first kappa shape index (κ1) is 16.8. The van der Waals surface area contributed by atoms with Crippen LogP contribution in [0.1, 0.15) is 19.8 Å². The summed E-state index contributed by atoms with van der Waals surface area (Å²) >= 11 is 5.80. The second-order valence-electron chi connectivity index (χ2n) is 6.06. The Morgan fingerprint density at radius 2 is 1.82 bits per heavy atom. The van der Waals surface area contributed by atoms with Crippen LogP contribution in [0.15, 0.2) is 24.3 Å². The van der Waals surface area contributed by atoms with Crippen LogP contribution in [0.3, 0.4) is 0 Å². The van der Waals surface area contributed by atoms with Crippen molar-refractivity contribution in [3.63, 3.8) is 0 Å². The molecule has 1 fully saturated rings. The third-order valence-electron chi connectivity index (χ3n) is 3.77. The van der Waals surface area contributed by atoms with Gasteiger partial charge in [-0.15, -0.1) is 0 Å². The third kappa shape index (κ3) is 5.66. The van der Waals surface area contributed by atoms with Gasteiger partial charge >= 0.3 is 0 Å². The minimum atomic E-state index is -0.122. The molecule has 1 unspecified atom stereocenters. The van der Waals surface area contributed by atoms with Crippen molar-refractivity contribution in [1.29, 1.82) is 0 Å². The predicted octanol–water partition coefficient (Wildman–Crippen LogP) is 0.708. The van der Waals surface area contributed by atoms with Gasteiger partial charge in [0.25, 0.3) is 11.8 Å². The van der Waals surface area contributed by atoms with Crippen LogP contribution in [-0.2, 0) is 9.59 Å². The van der Waals surface area contributed by atoms with Crippen molar-refractivity contribution >= 4 is 29.1 Å². The quantitative estimate of drug-likeness (QED) is 0.691. The molecule has 0 radical (unpaired) electrons. The van der Waals surface area contributed by atoms with E-state index in [1.165, 1.54) is 12.8 Å². The molecule has 120 valence electrons. The van der Waals surface area contributed by atoms with Crippen LogP contribution in [0.25, 0.3) is 0 Å². The van der Waals surface area contributed by atoms with Crippen LogP contribution in [0.2, 0.25) is 5.02 Å². The molecular weight excluding hydrogens is 302 g/mol. The summed E-state index contributed by atoms with van der Waals surface area (Å²) in [4.78, 5) is 24.7. The average Bonchev–Trinajstić information content (AvgIpc) is 3.25. The molecule has 1 aromatic rings. The fourth-order valence-corrected chi connectivity index (χ4v) is 2.49. The highest BCUT2D eigenvalue weighted by molar-refractivity contribution is 6.30. The molecule has 0 bridgehead atoms. The van der Waals surface area contributed by atoms with Crippen LogP contribution in [0.4, 0.5) is 5.69 Å². The lowest BCUT2D eigenvalue weighted by atomic mass is 10.2. The lowest BCUT2D eigenvalue weighted by Crippen LogP contribution is -3.11. The fraction of sp³-hybridized carbons (Fsp3) is 0.500. The largest absolute Gasteiger partial charge is 0.348 e. The molecule has 1 saturated carbocycles. The number of halogens is 1. The number of anilines is 1. The molecule has 1 aliphatic rings. The second-order valence-corrected chi connectivity index (χ2v) is 6.50. The summed E-state index contributed by atoms with van der Waals surface area (Å²) in [5.74, 6) is 0.511. The first-order valence-corrected chi connectivity index (χ1v) is 7.98. The number of hydrogen-bond acceptors (Lipinski definition) is 2. The number of benzene rings is 1. The maximum absolute atomic E-state index is 11.9. The minimum Gasteiger partial charge on any atom is -0.348 e. The molecule has 2 rings (SSSR count). The minimum absolute atomic E-state index is 0.00353. The number of rotatable bonds is 7. The first-order valence-electron chi connectivity index (χ1n) is 7.60. The predicted molar refractivity (Wildman–Crippen MR) is 87.0 cm³/mol. The van der Waals surface area contributed by atoms with Gasteiger partial charge in [0.2, 0.25) is 0 Å². The van der Waals surface area contributed by atoms with Gasteiger partial charge in [-0.25, -0.2) is 0 Å². The van der Waals surface area contributed by atoms with E-state index in [1.807, 2.05) is 14.0 Å². The van der Waals surface area contributed by atoms with Crippen LogP contribution < -0.4 is 15.5 Å². The van der Waals surface area contributed by atoms with Gasteiger partial charge in [-0.2, -0.15) is 0 Å². The molecule has 0 saturated heterocycles. The molecule has 3 N–H and O–H groups in total. The van der Waals surface area contributed by atoms with Crippen molar-refractivity contribution in [2.45, 2.75) is 25.8 Å². The number of quaternary nitrogens is 1. The first-order chi connectivity index (χ1) is 10.4. The summed E-state index contributed by atoms with van der Waals surface area (Å²) in [5.41, 5.74) is 0.703. The summed E-state index contributed by atoms with van der Waals surface area (Å²) in [5, 5.41) is 6.41. The molecular formula is C16H23ClN3O2+. The van der Waals surface area contributed by atoms with E-state index in [2.05, 4.69) is 10.6 Å². The van der Waals surface area contributed by atoms with Crippen molar-refractivity contribution in [2.24, 2.45) is 5.92 Å². The van der Waals surface area contributed by atoms with E-state index in [9.17, 15) is 9.59 Å². The third-order valence-corrected chi connectivity index (χ3v) is 4.02. The molecule has 1 aliphatic carbocycles. The molecule has 2 atom stereocenters. The fourth-order valence-electron chi connectivity index (χ4n) is 2.37. The summed E-state index contributed by atoms with van der Waals surface area (Å²) in [6, 6.07) is 7.18. The van der Waals surface area contributed by atoms with Gasteiger partial charge in [0.05, 0.1) is 7.05 Å². The maximum atomic E-state index is 11.9. The van der Waals surface area contributed by atoms with Crippen molar-refractivity contribution < 1.29 is 14.5 Å². The molecule has 0 spiro atoms. The Balaban J connectivity index is 1.71. The number of hydrogen-bond donors (Lipinski definition) is 3. The molecule has 0 aromatic heterocycles. The topological polar surface area (TPSA) is 62.6 Å². The second kappa shape index (κ2) is 7.61. The highest BCUT2D eigenvalue weighted by Gasteiger charge is 2.29. The van der Waals surface area contributed by atoms with E-state index in [-0.39, 0.29) is 24.4 Å². The highest BCUT2D eigenvalue weighted by Crippen LogP contribution is 2.32. The lowest BCUT2D eigenvalue weighted by molar-refractivity contribution is -0.862. The average molecular weight is 325 g/mol. The monoisotopic (exact) mass is 324 g/mol. The number of carbonyl (C=O) groups is 2. The maximum Gasteiger partial charge on any atom is 0.279 e. The van der Waals surface area contributed by atoms with Crippen LogP contribution in [0, 0.1) is 5.92 Å². The number of nitrogens with one attached hydrogen (secondary N) is 3. The molecule has 22 heavy (non-hydrogen) atoms. The Bertz CT molecular complexity index is 529. The zero-order valence-corrected chi connectivity index (χ0v) is 13.7. The van der Waals surface area contributed by atoms with Crippen molar-refractivity contribution in [3.05, 3.63) is 29.3 Å². The Labute approximate surface area is 136 Å². The summed E-state index contributed by atoms with van der Waals surface area (Å²) in [6.07, 6.45) is 2.40. The zero-order chi connectivity index (χ0) is 16.1. The standard InChI is InChI=1S/C16H22ClN3O2/c1-11(12-3-4-12)18-15(21)9-20(2)10-16(22)19-14-7-5-13(17)6-8-14/h5-8,11-12H,3-4,9-10H2,1-2H3,(H,18,21)(H,19,22)/p+1/t11-/m0/s1. The van der Waals surface area contributed by atoms with E-state index in [1.54, 1.807) is 24.3 Å². The van der Waals surface area contributed by atoms with Gasteiger partial charge in [0, 0.05) is 16.8 Å². The summed E-state index contributed by atoms with van der Waals surface area (Å²) in [7, 11) is 1.84.